The summed E-state index contributed by atoms with van der Waals surface area (Å²) in [4.78, 5) is 9.04. The molecular weight excluding hydrogens is 552 g/mol. The molecule has 0 aliphatic carbocycles. The van der Waals surface area contributed by atoms with E-state index in [0.29, 0.717) is 25.2 Å². The lowest BCUT2D eigenvalue weighted by atomic mass is 10.1. The average Bonchev–Trinajstić information content (AvgIpc) is 2.95. The molecule has 0 radical (unpaired) electrons. The van der Waals surface area contributed by atoms with Crippen LogP contribution in [0.4, 0.5) is 23.1 Å². The first-order valence-electron chi connectivity index (χ1n) is 12.5. The fourth-order valence-corrected chi connectivity index (χ4v) is 6.34. The summed E-state index contributed by atoms with van der Waals surface area (Å²) in [5.41, 5.74) is 2.03. The van der Waals surface area contributed by atoms with Crippen LogP contribution in [0, 0.1) is 0 Å². The number of hydrogen-bond acceptors (Lipinski definition) is 9. The van der Waals surface area contributed by atoms with E-state index >= 15 is 0 Å². The Kier molecular flexibility index (Phi) is 7.87. The second-order valence-corrected chi connectivity index (χ2v) is 12.5. The molecule has 0 atom stereocenters. The monoisotopic (exact) mass is 580 g/mol. The maximum Gasteiger partial charge on any atom is 0.261 e. The summed E-state index contributed by atoms with van der Waals surface area (Å²) >= 11 is 0. The van der Waals surface area contributed by atoms with E-state index in [2.05, 4.69) is 30.0 Å². The van der Waals surface area contributed by atoms with Gasteiger partial charge in [0.1, 0.15) is 11.6 Å². The quantitative estimate of drug-likeness (QED) is 0.272. The van der Waals surface area contributed by atoms with E-state index in [9.17, 15) is 16.8 Å². The van der Waals surface area contributed by atoms with Crippen molar-refractivity contribution in [3.8, 4) is 16.9 Å². The van der Waals surface area contributed by atoms with Crippen molar-refractivity contribution in [3.05, 3.63) is 79.0 Å². The molecule has 0 saturated carbocycles. The Morgan fingerprint density at radius 3 is 2.45 bits per heavy atom. The zero-order valence-corrected chi connectivity index (χ0v) is 23.2. The molecule has 0 amide bonds. The van der Waals surface area contributed by atoms with E-state index in [1.807, 2.05) is 24.3 Å². The number of anilines is 4. The lowest BCUT2D eigenvalue weighted by Crippen LogP contribution is -2.25. The molecule has 1 aliphatic heterocycles. The molecule has 13 heteroatoms. The highest BCUT2D eigenvalue weighted by Gasteiger charge is 2.20. The number of sulfonamides is 2. The van der Waals surface area contributed by atoms with Gasteiger partial charge in [0, 0.05) is 30.5 Å². The van der Waals surface area contributed by atoms with Crippen molar-refractivity contribution in [2.75, 3.05) is 35.6 Å². The SMILES string of the molecule is COc1ccc(-c2cnc3nc2NCCCCNS(=O)(=O)c2cc(cc(NS(=O)(=O)c4ccccc4)c2)N3)cc1. The molecule has 0 fully saturated rings. The third-order valence-corrected chi connectivity index (χ3v) is 8.99. The summed E-state index contributed by atoms with van der Waals surface area (Å²) in [5, 5.41) is 6.36. The smallest absolute Gasteiger partial charge is 0.261 e. The minimum atomic E-state index is -3.97. The maximum absolute atomic E-state index is 13.1. The van der Waals surface area contributed by atoms with Crippen LogP contribution in [0.5, 0.6) is 5.75 Å². The van der Waals surface area contributed by atoms with Crippen LogP contribution in [-0.2, 0) is 20.0 Å². The van der Waals surface area contributed by atoms with Gasteiger partial charge in [-0.05, 0) is 60.9 Å². The van der Waals surface area contributed by atoms with E-state index in [-0.39, 0.29) is 33.7 Å². The average molecular weight is 581 g/mol. The lowest BCUT2D eigenvalue weighted by molar-refractivity contribution is 0.415. The zero-order chi connectivity index (χ0) is 28.2. The van der Waals surface area contributed by atoms with Gasteiger partial charge in [0.2, 0.25) is 16.0 Å². The molecule has 40 heavy (non-hydrogen) atoms. The van der Waals surface area contributed by atoms with Crippen molar-refractivity contribution in [1.82, 2.24) is 14.7 Å². The van der Waals surface area contributed by atoms with Crippen LogP contribution in [0.15, 0.2) is 88.8 Å². The van der Waals surface area contributed by atoms with Crippen molar-refractivity contribution in [2.45, 2.75) is 22.6 Å². The van der Waals surface area contributed by atoms with E-state index in [0.717, 1.165) is 16.9 Å². The molecule has 4 bridgehead atoms. The third-order valence-electron chi connectivity index (χ3n) is 6.16. The van der Waals surface area contributed by atoms with Gasteiger partial charge in [0.25, 0.3) is 10.0 Å². The van der Waals surface area contributed by atoms with Crippen LogP contribution < -0.4 is 24.8 Å². The molecule has 5 rings (SSSR count). The standard InChI is InChI=1S/C27H28N6O5S2/c1-38-22-11-9-19(10-12-22)25-18-29-27-31-20-15-21(33-40(36,37)23-7-3-2-4-8-23)17-24(16-20)39(34,35)30-14-6-5-13-28-26(25)32-27/h2-4,7-12,15-18,30,33H,5-6,13-14H2,1H3,(H2,28,29,31,32). The number of methoxy groups -OCH3 is 1. The number of fused-ring (bicyclic) bond motifs is 4. The minimum Gasteiger partial charge on any atom is -0.497 e. The van der Waals surface area contributed by atoms with Crippen molar-refractivity contribution >= 4 is 43.2 Å². The zero-order valence-electron chi connectivity index (χ0n) is 21.6. The summed E-state index contributed by atoms with van der Waals surface area (Å²) < 4.78 is 62.4. The van der Waals surface area contributed by atoms with Gasteiger partial charge in [-0.2, -0.15) is 4.98 Å². The molecule has 0 spiro atoms. The van der Waals surface area contributed by atoms with Crippen LogP contribution in [-0.4, -0.2) is 47.0 Å². The molecule has 11 nitrogen and oxygen atoms in total. The molecule has 2 heterocycles. The number of nitrogens with zero attached hydrogens (tertiary/aromatic N) is 2. The Bertz CT molecular complexity index is 1710. The first-order chi connectivity index (χ1) is 19.2. The van der Waals surface area contributed by atoms with Gasteiger partial charge in [-0.25, -0.2) is 26.5 Å². The number of hydrogen-bond donors (Lipinski definition) is 4. The largest absolute Gasteiger partial charge is 0.497 e. The molecule has 3 aromatic carbocycles. The molecular formula is C27H28N6O5S2. The molecule has 208 valence electrons. The third kappa shape index (κ3) is 6.33. The molecule has 1 aliphatic rings. The summed E-state index contributed by atoms with van der Waals surface area (Å²) in [5.74, 6) is 1.53. The highest BCUT2D eigenvalue weighted by molar-refractivity contribution is 7.92. The summed E-state index contributed by atoms with van der Waals surface area (Å²) in [6, 6.07) is 19.5. The second-order valence-electron chi connectivity index (χ2n) is 9.01. The number of benzene rings is 3. The van der Waals surface area contributed by atoms with Crippen LogP contribution in [0.25, 0.3) is 11.1 Å². The van der Waals surface area contributed by atoms with E-state index in [4.69, 9.17) is 4.74 Å². The lowest BCUT2D eigenvalue weighted by Gasteiger charge is -2.17. The topological polar surface area (TPSA) is 151 Å². The summed E-state index contributed by atoms with van der Waals surface area (Å²) in [7, 11) is -6.29. The fourth-order valence-electron chi connectivity index (χ4n) is 4.13. The van der Waals surface area contributed by atoms with E-state index < -0.39 is 20.0 Å². The van der Waals surface area contributed by atoms with Gasteiger partial charge in [-0.3, -0.25) is 4.72 Å². The Balaban J connectivity index is 1.54. The Labute approximate surface area is 233 Å². The van der Waals surface area contributed by atoms with Gasteiger partial charge < -0.3 is 15.4 Å². The maximum atomic E-state index is 13.1. The van der Waals surface area contributed by atoms with Crippen molar-refractivity contribution < 1.29 is 21.6 Å². The first kappa shape index (κ1) is 27.4. The molecule has 4 N–H and O–H groups in total. The number of nitrogens with one attached hydrogen (secondary N) is 4. The van der Waals surface area contributed by atoms with Crippen molar-refractivity contribution in [1.29, 1.82) is 0 Å². The second kappa shape index (κ2) is 11.5. The van der Waals surface area contributed by atoms with Crippen LogP contribution in [0.2, 0.25) is 0 Å². The summed E-state index contributed by atoms with van der Waals surface area (Å²) in [6.45, 7) is 0.783. The Hall–Kier alpha value is -4.20. The molecule has 1 aromatic heterocycles. The molecule has 0 saturated heterocycles. The van der Waals surface area contributed by atoms with Gasteiger partial charge in [0.15, 0.2) is 0 Å². The van der Waals surface area contributed by atoms with Gasteiger partial charge >= 0.3 is 0 Å². The highest BCUT2D eigenvalue weighted by Crippen LogP contribution is 2.31. The van der Waals surface area contributed by atoms with Gasteiger partial charge in [-0.1, -0.05) is 30.3 Å². The normalized spacial score (nSPS) is 15.1. The fraction of sp³-hybridized carbons (Fsp3) is 0.185. The minimum absolute atomic E-state index is 0.0474. The van der Waals surface area contributed by atoms with E-state index in [1.54, 1.807) is 31.5 Å². The number of aromatic nitrogens is 2. The van der Waals surface area contributed by atoms with Crippen LogP contribution >= 0.6 is 0 Å². The van der Waals surface area contributed by atoms with Crippen molar-refractivity contribution in [3.63, 3.8) is 0 Å². The Morgan fingerprint density at radius 2 is 1.70 bits per heavy atom. The van der Waals surface area contributed by atoms with Gasteiger partial charge in [-0.15, -0.1) is 0 Å². The predicted molar refractivity (Wildman–Crippen MR) is 154 cm³/mol. The number of rotatable bonds is 5. The predicted octanol–water partition coefficient (Wildman–Crippen LogP) is 4.18. The van der Waals surface area contributed by atoms with Crippen LogP contribution in [0.3, 0.4) is 0 Å². The molecule has 4 aromatic rings. The van der Waals surface area contributed by atoms with Crippen LogP contribution in [0.1, 0.15) is 12.8 Å². The van der Waals surface area contributed by atoms with E-state index in [1.165, 1.54) is 30.3 Å². The first-order valence-corrected chi connectivity index (χ1v) is 15.5. The number of ether oxygens (including phenoxy) is 1. The highest BCUT2D eigenvalue weighted by atomic mass is 32.2. The Morgan fingerprint density at radius 1 is 0.950 bits per heavy atom. The summed E-state index contributed by atoms with van der Waals surface area (Å²) in [6.07, 6.45) is 2.93. The van der Waals surface area contributed by atoms with Gasteiger partial charge in [0.05, 0.1) is 22.6 Å². The molecule has 0 unspecified atom stereocenters. The van der Waals surface area contributed by atoms with Crippen molar-refractivity contribution in [2.24, 2.45) is 0 Å².